The minimum absolute atomic E-state index is 0.0281. The number of carboxylic acid groups (broad SMARTS) is 2. The molecule has 0 saturated carbocycles. The largest absolute Gasteiger partial charge is 0.479 e. The van der Waals surface area contributed by atoms with Crippen LogP contribution in [0.25, 0.3) is 0 Å². The van der Waals surface area contributed by atoms with Crippen molar-refractivity contribution in [3.63, 3.8) is 0 Å². The molecule has 10 nitrogen and oxygen atoms in total. The second kappa shape index (κ2) is 10.0. The standard InChI is InChI=1S/C19H21N3O7/c1-22(8-13-3-2-4-17(20)21-13)9-14(23)12-5-6-15(28-10-18(24)25)16(7-12)29-11-19(26)27/h2-7H,8-11H2,1H3,(H2,20,21)(H,24,25)(H,26,27). The molecule has 1 heterocycles. The molecule has 0 bridgehead atoms. The lowest BCUT2D eigenvalue weighted by Gasteiger charge is -2.16. The van der Waals surface area contributed by atoms with Crippen LogP contribution in [0.3, 0.4) is 0 Å². The first-order valence-corrected chi connectivity index (χ1v) is 8.51. The maximum atomic E-state index is 12.6. The molecule has 0 atom stereocenters. The van der Waals surface area contributed by atoms with Crippen molar-refractivity contribution in [3.05, 3.63) is 47.7 Å². The van der Waals surface area contributed by atoms with Crippen LogP contribution in [0.4, 0.5) is 5.82 Å². The van der Waals surface area contributed by atoms with Crippen LogP contribution in [0.15, 0.2) is 36.4 Å². The van der Waals surface area contributed by atoms with E-state index in [1.165, 1.54) is 18.2 Å². The molecule has 0 saturated heterocycles. The van der Waals surface area contributed by atoms with Gasteiger partial charge in [0.05, 0.1) is 12.2 Å². The number of rotatable bonds is 11. The number of aliphatic carboxylic acids is 2. The molecule has 29 heavy (non-hydrogen) atoms. The molecule has 154 valence electrons. The fourth-order valence-corrected chi connectivity index (χ4v) is 2.45. The van der Waals surface area contributed by atoms with Gasteiger partial charge >= 0.3 is 11.9 Å². The number of ether oxygens (including phenoxy) is 2. The van der Waals surface area contributed by atoms with Crippen LogP contribution >= 0.6 is 0 Å². The number of likely N-dealkylation sites (N-methyl/N-ethyl adjacent to an activating group) is 1. The van der Waals surface area contributed by atoms with Crippen molar-refractivity contribution < 1.29 is 34.1 Å². The van der Waals surface area contributed by atoms with E-state index in [0.717, 1.165) is 0 Å². The topological polar surface area (TPSA) is 152 Å². The summed E-state index contributed by atoms with van der Waals surface area (Å²) in [5.41, 5.74) is 6.63. The summed E-state index contributed by atoms with van der Waals surface area (Å²) in [5.74, 6) is -2.28. The summed E-state index contributed by atoms with van der Waals surface area (Å²) in [6.45, 7) is -0.835. The van der Waals surface area contributed by atoms with Crippen molar-refractivity contribution in [3.8, 4) is 11.5 Å². The van der Waals surface area contributed by atoms with Crippen LogP contribution < -0.4 is 15.2 Å². The molecule has 1 aromatic carbocycles. The lowest BCUT2D eigenvalue weighted by Crippen LogP contribution is -2.26. The number of nitrogen functional groups attached to an aromatic ring is 1. The third-order valence-corrected chi connectivity index (χ3v) is 3.64. The van der Waals surface area contributed by atoms with Gasteiger partial charge in [-0.05, 0) is 37.4 Å². The predicted molar refractivity (Wildman–Crippen MR) is 102 cm³/mol. The second-order valence-electron chi connectivity index (χ2n) is 6.18. The molecule has 2 rings (SSSR count). The van der Waals surface area contributed by atoms with Crippen LogP contribution in [0.1, 0.15) is 16.1 Å². The van der Waals surface area contributed by atoms with Crippen LogP contribution in [-0.2, 0) is 16.1 Å². The van der Waals surface area contributed by atoms with Gasteiger partial charge in [0, 0.05) is 12.1 Å². The van der Waals surface area contributed by atoms with Crippen LogP contribution in [0.5, 0.6) is 11.5 Å². The van der Waals surface area contributed by atoms with Crippen LogP contribution in [0.2, 0.25) is 0 Å². The Hall–Kier alpha value is -3.66. The van der Waals surface area contributed by atoms with Gasteiger partial charge in [-0.25, -0.2) is 14.6 Å². The van der Waals surface area contributed by atoms with E-state index in [-0.39, 0.29) is 29.4 Å². The molecular weight excluding hydrogens is 382 g/mol. The van der Waals surface area contributed by atoms with E-state index in [9.17, 15) is 14.4 Å². The molecular formula is C19H21N3O7. The van der Waals surface area contributed by atoms with E-state index >= 15 is 0 Å². The minimum Gasteiger partial charge on any atom is -0.479 e. The Bertz CT molecular complexity index is 901. The summed E-state index contributed by atoms with van der Waals surface area (Å²) in [6.07, 6.45) is 0. The number of carbonyl (C=O) groups excluding carboxylic acids is 1. The maximum Gasteiger partial charge on any atom is 0.341 e. The maximum absolute atomic E-state index is 12.6. The van der Waals surface area contributed by atoms with E-state index in [1.54, 1.807) is 30.1 Å². The third-order valence-electron chi connectivity index (χ3n) is 3.64. The third kappa shape index (κ3) is 7.11. The molecule has 2 aromatic rings. The fraction of sp³-hybridized carbons (Fsp3) is 0.263. The van der Waals surface area contributed by atoms with Gasteiger partial charge in [0.1, 0.15) is 5.82 Å². The van der Waals surface area contributed by atoms with Crippen molar-refractivity contribution in [1.29, 1.82) is 0 Å². The minimum atomic E-state index is -1.22. The Morgan fingerprint density at radius 1 is 1.03 bits per heavy atom. The van der Waals surface area contributed by atoms with Crippen LogP contribution in [0, 0.1) is 0 Å². The quantitative estimate of drug-likeness (QED) is 0.461. The average Bonchev–Trinajstić information content (AvgIpc) is 2.64. The summed E-state index contributed by atoms with van der Waals surface area (Å²) in [5, 5.41) is 17.5. The highest BCUT2D eigenvalue weighted by Crippen LogP contribution is 2.29. The molecule has 0 unspecified atom stereocenters. The number of anilines is 1. The number of pyridine rings is 1. The number of carbonyl (C=O) groups is 3. The Kier molecular flexibility index (Phi) is 7.49. The van der Waals surface area contributed by atoms with E-state index in [2.05, 4.69) is 4.98 Å². The number of hydrogen-bond donors (Lipinski definition) is 3. The predicted octanol–water partition coefficient (Wildman–Crippen LogP) is 0.905. The molecule has 0 aliphatic rings. The SMILES string of the molecule is CN(CC(=O)c1ccc(OCC(=O)O)c(OCC(=O)O)c1)Cc1cccc(N)n1. The fourth-order valence-electron chi connectivity index (χ4n) is 2.45. The van der Waals surface area contributed by atoms with Crippen molar-refractivity contribution in [1.82, 2.24) is 9.88 Å². The smallest absolute Gasteiger partial charge is 0.341 e. The zero-order valence-corrected chi connectivity index (χ0v) is 15.7. The molecule has 0 radical (unpaired) electrons. The van der Waals surface area contributed by atoms with E-state index in [0.29, 0.717) is 18.1 Å². The first-order chi connectivity index (χ1) is 13.7. The summed E-state index contributed by atoms with van der Waals surface area (Å²) in [7, 11) is 1.74. The molecule has 1 aromatic heterocycles. The lowest BCUT2D eigenvalue weighted by molar-refractivity contribution is -0.140. The van der Waals surface area contributed by atoms with Crippen molar-refractivity contribution >= 4 is 23.5 Å². The Balaban J connectivity index is 2.10. The first-order valence-electron chi connectivity index (χ1n) is 8.51. The highest BCUT2D eigenvalue weighted by atomic mass is 16.5. The number of carboxylic acids is 2. The summed E-state index contributed by atoms with van der Waals surface area (Å²) in [4.78, 5) is 40.0. The number of ketones is 1. The van der Waals surface area contributed by atoms with Gasteiger partial charge in [0.2, 0.25) is 0 Å². The van der Waals surface area contributed by atoms with Gasteiger partial charge in [-0.1, -0.05) is 6.07 Å². The molecule has 0 aliphatic carbocycles. The molecule has 0 spiro atoms. The molecule has 0 amide bonds. The Labute approximate surface area is 166 Å². The van der Waals surface area contributed by atoms with Gasteiger partial charge in [-0.15, -0.1) is 0 Å². The number of Topliss-reactive ketones (excluding diaryl/α,β-unsaturated/α-hetero) is 1. The summed E-state index contributed by atoms with van der Waals surface area (Å²) in [6, 6.07) is 9.39. The number of nitrogens with zero attached hydrogens (tertiary/aromatic N) is 2. The molecule has 4 N–H and O–H groups in total. The van der Waals surface area contributed by atoms with Crippen molar-refractivity contribution in [2.24, 2.45) is 0 Å². The number of hydrogen-bond acceptors (Lipinski definition) is 8. The van der Waals surface area contributed by atoms with Gasteiger partial charge in [0.15, 0.2) is 30.5 Å². The summed E-state index contributed by atoms with van der Waals surface area (Å²) < 4.78 is 10.2. The normalized spacial score (nSPS) is 10.6. The van der Waals surface area contributed by atoms with Gasteiger partial charge in [-0.2, -0.15) is 0 Å². The molecule has 0 fully saturated rings. The number of nitrogens with two attached hydrogens (primary N) is 1. The molecule has 10 heteroatoms. The lowest BCUT2D eigenvalue weighted by atomic mass is 10.1. The first kappa shape index (κ1) is 21.6. The number of benzene rings is 1. The molecule has 0 aliphatic heterocycles. The Morgan fingerprint density at radius 2 is 1.69 bits per heavy atom. The highest BCUT2D eigenvalue weighted by Gasteiger charge is 2.16. The van der Waals surface area contributed by atoms with Crippen LogP contribution in [-0.4, -0.2) is 64.6 Å². The van der Waals surface area contributed by atoms with E-state index in [4.69, 9.17) is 25.4 Å². The van der Waals surface area contributed by atoms with Gasteiger partial charge in [-0.3, -0.25) is 9.69 Å². The zero-order valence-electron chi connectivity index (χ0n) is 15.7. The number of aromatic nitrogens is 1. The second-order valence-corrected chi connectivity index (χ2v) is 6.18. The van der Waals surface area contributed by atoms with Gasteiger partial charge < -0.3 is 25.4 Å². The summed E-state index contributed by atoms with van der Waals surface area (Å²) >= 11 is 0. The van der Waals surface area contributed by atoms with Crippen molar-refractivity contribution in [2.75, 3.05) is 32.5 Å². The average molecular weight is 403 g/mol. The Morgan fingerprint density at radius 3 is 2.31 bits per heavy atom. The monoisotopic (exact) mass is 403 g/mol. The highest BCUT2D eigenvalue weighted by molar-refractivity contribution is 5.98. The zero-order chi connectivity index (χ0) is 21.4. The van der Waals surface area contributed by atoms with Gasteiger partial charge in [0.25, 0.3) is 0 Å². The van der Waals surface area contributed by atoms with Crippen molar-refractivity contribution in [2.45, 2.75) is 6.54 Å². The van der Waals surface area contributed by atoms with E-state index < -0.39 is 25.2 Å². The van der Waals surface area contributed by atoms with E-state index in [1.807, 2.05) is 0 Å².